The molecule has 0 radical (unpaired) electrons. The number of rotatable bonds is 4. The molecule has 100 valence electrons. The maximum atomic E-state index is 12.9. The van der Waals surface area contributed by atoms with Crippen LogP contribution < -0.4 is 16.2 Å². The van der Waals surface area contributed by atoms with Gasteiger partial charge in [-0.05, 0) is 24.6 Å². The largest absolute Gasteiger partial charge is 0.355 e. The third kappa shape index (κ3) is 3.17. The molecule has 1 aromatic heterocycles. The molecule has 0 fully saturated rings. The van der Waals surface area contributed by atoms with Gasteiger partial charge < -0.3 is 4.90 Å². The van der Waals surface area contributed by atoms with E-state index in [-0.39, 0.29) is 5.82 Å². The molecule has 0 aliphatic heterocycles. The summed E-state index contributed by atoms with van der Waals surface area (Å²) < 4.78 is 12.9. The van der Waals surface area contributed by atoms with Crippen LogP contribution in [0.15, 0.2) is 30.5 Å². The standard InChI is InChI=1S/C13H16FN5/c1-9-7-16-13(18-15)17-12(9)19(2)8-10-3-5-11(14)6-4-10/h3-7H,8,15H2,1-2H3,(H,16,17,18). The Kier molecular flexibility index (Phi) is 3.91. The van der Waals surface area contributed by atoms with Crippen molar-refractivity contribution in [3.05, 3.63) is 47.4 Å². The number of nitrogens with one attached hydrogen (secondary N) is 1. The van der Waals surface area contributed by atoms with E-state index in [1.807, 2.05) is 18.9 Å². The third-order valence-corrected chi connectivity index (χ3v) is 2.77. The monoisotopic (exact) mass is 261 g/mol. The van der Waals surface area contributed by atoms with Gasteiger partial charge in [-0.3, -0.25) is 5.43 Å². The lowest BCUT2D eigenvalue weighted by molar-refractivity contribution is 0.627. The molecule has 5 nitrogen and oxygen atoms in total. The fourth-order valence-corrected chi connectivity index (χ4v) is 1.83. The molecule has 0 saturated heterocycles. The first-order valence-corrected chi connectivity index (χ1v) is 5.86. The normalized spacial score (nSPS) is 10.3. The Labute approximate surface area is 111 Å². The average Bonchev–Trinajstić information content (AvgIpc) is 2.42. The van der Waals surface area contributed by atoms with Crippen molar-refractivity contribution >= 4 is 11.8 Å². The molecule has 0 spiro atoms. The second-order valence-electron chi connectivity index (χ2n) is 4.33. The van der Waals surface area contributed by atoms with Gasteiger partial charge in [-0.1, -0.05) is 12.1 Å². The van der Waals surface area contributed by atoms with E-state index in [1.54, 1.807) is 18.3 Å². The molecule has 19 heavy (non-hydrogen) atoms. The number of nitrogens with zero attached hydrogens (tertiary/aromatic N) is 3. The zero-order valence-corrected chi connectivity index (χ0v) is 10.9. The molecule has 0 aliphatic rings. The van der Waals surface area contributed by atoms with Crippen LogP contribution in [-0.2, 0) is 6.54 Å². The van der Waals surface area contributed by atoms with Crippen molar-refractivity contribution in [2.45, 2.75) is 13.5 Å². The quantitative estimate of drug-likeness (QED) is 0.649. The van der Waals surface area contributed by atoms with Gasteiger partial charge in [-0.15, -0.1) is 0 Å². The van der Waals surface area contributed by atoms with Gasteiger partial charge in [-0.25, -0.2) is 15.2 Å². The molecule has 1 heterocycles. The van der Waals surface area contributed by atoms with Gasteiger partial charge in [0.2, 0.25) is 5.95 Å². The van der Waals surface area contributed by atoms with Crippen molar-refractivity contribution in [3.8, 4) is 0 Å². The Morgan fingerprint density at radius 1 is 1.32 bits per heavy atom. The summed E-state index contributed by atoms with van der Waals surface area (Å²) in [6.07, 6.45) is 1.71. The number of hydrazine groups is 1. The fraction of sp³-hybridized carbons (Fsp3) is 0.231. The van der Waals surface area contributed by atoms with Crippen LogP contribution in [0.1, 0.15) is 11.1 Å². The first kappa shape index (κ1) is 13.2. The van der Waals surface area contributed by atoms with Crippen molar-refractivity contribution in [2.24, 2.45) is 5.84 Å². The van der Waals surface area contributed by atoms with Gasteiger partial charge in [0.25, 0.3) is 0 Å². The summed E-state index contributed by atoms with van der Waals surface area (Å²) in [5, 5.41) is 0. The van der Waals surface area contributed by atoms with Gasteiger partial charge in [0.05, 0.1) is 0 Å². The number of halogens is 1. The number of hydrogen-bond acceptors (Lipinski definition) is 5. The summed E-state index contributed by atoms with van der Waals surface area (Å²) in [4.78, 5) is 10.3. The maximum Gasteiger partial charge on any atom is 0.239 e. The van der Waals surface area contributed by atoms with E-state index in [2.05, 4.69) is 15.4 Å². The van der Waals surface area contributed by atoms with Gasteiger partial charge in [0.15, 0.2) is 0 Å². The summed E-state index contributed by atoms with van der Waals surface area (Å²) in [6.45, 7) is 2.55. The van der Waals surface area contributed by atoms with E-state index in [9.17, 15) is 4.39 Å². The minimum atomic E-state index is -0.237. The summed E-state index contributed by atoms with van der Waals surface area (Å²) in [6, 6.07) is 6.40. The van der Waals surface area contributed by atoms with Gasteiger partial charge in [-0.2, -0.15) is 4.98 Å². The number of aromatic nitrogens is 2. The highest BCUT2D eigenvalue weighted by Crippen LogP contribution is 2.18. The van der Waals surface area contributed by atoms with Gasteiger partial charge in [0, 0.05) is 25.4 Å². The Morgan fingerprint density at radius 2 is 2.00 bits per heavy atom. The molecule has 2 rings (SSSR count). The number of aryl methyl sites for hydroxylation is 1. The van der Waals surface area contributed by atoms with Crippen LogP contribution in [0.25, 0.3) is 0 Å². The fourth-order valence-electron chi connectivity index (χ4n) is 1.83. The van der Waals surface area contributed by atoms with Crippen LogP contribution in [0, 0.1) is 12.7 Å². The van der Waals surface area contributed by atoms with Crippen LogP contribution in [0.4, 0.5) is 16.2 Å². The van der Waals surface area contributed by atoms with Crippen molar-refractivity contribution in [1.82, 2.24) is 9.97 Å². The predicted octanol–water partition coefficient (Wildman–Crippen LogP) is 1.85. The van der Waals surface area contributed by atoms with Crippen molar-refractivity contribution in [2.75, 3.05) is 17.4 Å². The number of nitrogen functional groups attached to an aromatic ring is 1. The number of benzene rings is 1. The number of hydrogen-bond donors (Lipinski definition) is 2. The lowest BCUT2D eigenvalue weighted by Crippen LogP contribution is -2.20. The Hall–Kier alpha value is -2.21. The van der Waals surface area contributed by atoms with Crippen LogP contribution >= 0.6 is 0 Å². The zero-order chi connectivity index (χ0) is 13.8. The number of anilines is 2. The number of nitrogens with two attached hydrogens (primary N) is 1. The zero-order valence-electron chi connectivity index (χ0n) is 10.9. The molecule has 3 N–H and O–H groups in total. The van der Waals surface area contributed by atoms with Crippen molar-refractivity contribution < 1.29 is 4.39 Å². The van der Waals surface area contributed by atoms with Gasteiger partial charge >= 0.3 is 0 Å². The first-order valence-electron chi connectivity index (χ1n) is 5.86. The van der Waals surface area contributed by atoms with Crippen molar-refractivity contribution in [3.63, 3.8) is 0 Å². The Morgan fingerprint density at radius 3 is 2.63 bits per heavy atom. The van der Waals surface area contributed by atoms with Crippen molar-refractivity contribution in [1.29, 1.82) is 0 Å². The minimum absolute atomic E-state index is 0.237. The van der Waals surface area contributed by atoms with Gasteiger partial charge in [0.1, 0.15) is 11.6 Å². The lowest BCUT2D eigenvalue weighted by atomic mass is 10.2. The maximum absolute atomic E-state index is 12.9. The van der Waals surface area contributed by atoms with E-state index in [4.69, 9.17) is 5.84 Å². The van der Waals surface area contributed by atoms with E-state index in [0.717, 1.165) is 16.9 Å². The van der Waals surface area contributed by atoms with E-state index >= 15 is 0 Å². The molecule has 0 amide bonds. The molecule has 1 aromatic carbocycles. The topological polar surface area (TPSA) is 67.1 Å². The smallest absolute Gasteiger partial charge is 0.239 e. The molecule has 0 saturated carbocycles. The summed E-state index contributed by atoms with van der Waals surface area (Å²) in [5.41, 5.74) is 4.37. The highest BCUT2D eigenvalue weighted by atomic mass is 19.1. The van der Waals surface area contributed by atoms with Crippen LogP contribution in [0.5, 0.6) is 0 Å². The molecule has 0 atom stereocenters. The SMILES string of the molecule is Cc1cnc(NN)nc1N(C)Cc1ccc(F)cc1. The molecular formula is C13H16FN5. The molecule has 6 heteroatoms. The second kappa shape index (κ2) is 5.62. The van der Waals surface area contributed by atoms with Crippen LogP contribution in [-0.4, -0.2) is 17.0 Å². The third-order valence-electron chi connectivity index (χ3n) is 2.77. The van der Waals surface area contributed by atoms with E-state index in [1.165, 1.54) is 12.1 Å². The minimum Gasteiger partial charge on any atom is -0.355 e. The van der Waals surface area contributed by atoms with E-state index in [0.29, 0.717) is 12.5 Å². The second-order valence-corrected chi connectivity index (χ2v) is 4.33. The molecule has 0 aliphatic carbocycles. The Bertz CT molecular complexity index is 555. The molecule has 0 unspecified atom stereocenters. The summed E-state index contributed by atoms with van der Waals surface area (Å²) >= 11 is 0. The highest BCUT2D eigenvalue weighted by Gasteiger charge is 2.09. The van der Waals surface area contributed by atoms with Crippen LogP contribution in [0.2, 0.25) is 0 Å². The molecular weight excluding hydrogens is 245 g/mol. The Balaban J connectivity index is 2.19. The summed E-state index contributed by atoms with van der Waals surface area (Å²) in [5.74, 6) is 6.22. The average molecular weight is 261 g/mol. The summed E-state index contributed by atoms with van der Waals surface area (Å²) in [7, 11) is 1.92. The first-order chi connectivity index (χ1) is 9.10. The highest BCUT2D eigenvalue weighted by molar-refractivity contribution is 5.48. The lowest BCUT2D eigenvalue weighted by Gasteiger charge is -2.20. The predicted molar refractivity (Wildman–Crippen MR) is 73.1 cm³/mol. The van der Waals surface area contributed by atoms with E-state index < -0.39 is 0 Å². The molecule has 2 aromatic rings. The van der Waals surface area contributed by atoms with Crippen LogP contribution in [0.3, 0.4) is 0 Å². The molecule has 0 bridgehead atoms.